The van der Waals surface area contributed by atoms with Gasteiger partial charge in [0.05, 0.1) is 6.42 Å². The molecule has 0 aliphatic carbocycles. The summed E-state index contributed by atoms with van der Waals surface area (Å²) in [5.41, 5.74) is 0.954. The first-order valence-electron chi connectivity index (χ1n) is 6.98. The summed E-state index contributed by atoms with van der Waals surface area (Å²) in [6.45, 7) is 4.82. The van der Waals surface area contributed by atoms with E-state index < -0.39 is 0 Å². The van der Waals surface area contributed by atoms with Gasteiger partial charge in [-0.2, -0.15) is 0 Å². The third-order valence-electron chi connectivity index (χ3n) is 3.55. The summed E-state index contributed by atoms with van der Waals surface area (Å²) in [5.74, 6) is 0.419. The molecule has 1 fully saturated rings. The van der Waals surface area contributed by atoms with Gasteiger partial charge < -0.3 is 15.3 Å². The van der Waals surface area contributed by atoms with Gasteiger partial charge in [-0.3, -0.25) is 4.79 Å². The van der Waals surface area contributed by atoms with Gasteiger partial charge in [0.1, 0.15) is 5.75 Å². The lowest BCUT2D eigenvalue weighted by molar-refractivity contribution is -0.132. The Morgan fingerprint density at radius 3 is 2.74 bits per heavy atom. The molecule has 1 unspecified atom stereocenters. The summed E-state index contributed by atoms with van der Waals surface area (Å²) in [4.78, 5) is 14.4. The van der Waals surface area contributed by atoms with Crippen molar-refractivity contribution in [3.63, 3.8) is 0 Å². The molecule has 1 aromatic carbocycles. The van der Waals surface area contributed by atoms with E-state index in [4.69, 9.17) is 0 Å². The molecular formula is C15H22N2O2. The number of aromatic hydroxyl groups is 1. The molecule has 104 valence electrons. The van der Waals surface area contributed by atoms with Crippen LogP contribution in [0.2, 0.25) is 0 Å². The molecule has 2 N–H and O–H groups in total. The van der Waals surface area contributed by atoms with Crippen LogP contribution in [0.4, 0.5) is 0 Å². The van der Waals surface area contributed by atoms with Gasteiger partial charge in [-0.05, 0) is 37.1 Å². The van der Waals surface area contributed by atoms with E-state index in [1.165, 1.54) is 0 Å². The topological polar surface area (TPSA) is 52.6 Å². The van der Waals surface area contributed by atoms with Crippen LogP contribution >= 0.6 is 0 Å². The first kappa shape index (κ1) is 13.9. The Labute approximate surface area is 114 Å². The van der Waals surface area contributed by atoms with Crippen molar-refractivity contribution in [2.24, 2.45) is 0 Å². The number of hydrogen-bond donors (Lipinski definition) is 2. The molecule has 4 nitrogen and oxygen atoms in total. The van der Waals surface area contributed by atoms with E-state index in [0.717, 1.165) is 38.0 Å². The van der Waals surface area contributed by atoms with Crippen LogP contribution in [0.25, 0.3) is 0 Å². The molecular weight excluding hydrogens is 240 g/mol. The van der Waals surface area contributed by atoms with Crippen LogP contribution in [-0.4, -0.2) is 41.6 Å². The minimum absolute atomic E-state index is 0.182. The standard InChI is InChI=1S/C15H22N2O2/c1-2-9-17(13-7-8-16-11-13)15(19)10-12-3-5-14(18)6-4-12/h3-6,13,16,18H,2,7-11H2,1H3. The van der Waals surface area contributed by atoms with Crippen molar-refractivity contribution in [2.45, 2.75) is 32.2 Å². The van der Waals surface area contributed by atoms with Crippen LogP contribution in [-0.2, 0) is 11.2 Å². The van der Waals surface area contributed by atoms with Crippen molar-refractivity contribution in [2.75, 3.05) is 19.6 Å². The molecule has 1 amide bonds. The zero-order chi connectivity index (χ0) is 13.7. The molecule has 1 aliphatic rings. The Hall–Kier alpha value is -1.55. The molecule has 1 heterocycles. The Morgan fingerprint density at radius 1 is 1.42 bits per heavy atom. The summed E-state index contributed by atoms with van der Waals surface area (Å²) in [5, 5.41) is 12.6. The van der Waals surface area contributed by atoms with Crippen LogP contribution in [0.3, 0.4) is 0 Å². The second-order valence-corrected chi connectivity index (χ2v) is 5.08. The highest BCUT2D eigenvalue weighted by molar-refractivity contribution is 5.79. The number of hydrogen-bond acceptors (Lipinski definition) is 3. The Balaban J connectivity index is 2.00. The van der Waals surface area contributed by atoms with E-state index in [0.29, 0.717) is 12.5 Å². The molecule has 1 saturated heterocycles. The fourth-order valence-corrected chi connectivity index (χ4v) is 2.55. The number of nitrogens with zero attached hydrogens (tertiary/aromatic N) is 1. The third kappa shape index (κ3) is 3.70. The van der Waals surface area contributed by atoms with Crippen LogP contribution in [0.1, 0.15) is 25.3 Å². The fourth-order valence-electron chi connectivity index (χ4n) is 2.55. The molecule has 0 spiro atoms. The minimum atomic E-state index is 0.182. The van der Waals surface area contributed by atoms with Crippen molar-refractivity contribution in [3.05, 3.63) is 29.8 Å². The van der Waals surface area contributed by atoms with E-state index in [1.54, 1.807) is 12.1 Å². The molecule has 1 aliphatic heterocycles. The normalized spacial score (nSPS) is 18.5. The quantitative estimate of drug-likeness (QED) is 0.846. The average Bonchev–Trinajstić information content (AvgIpc) is 2.92. The predicted molar refractivity (Wildman–Crippen MR) is 75.1 cm³/mol. The van der Waals surface area contributed by atoms with Gasteiger partial charge in [0.15, 0.2) is 0 Å². The zero-order valence-electron chi connectivity index (χ0n) is 11.4. The van der Waals surface area contributed by atoms with Crippen LogP contribution < -0.4 is 5.32 Å². The van der Waals surface area contributed by atoms with Crippen molar-refractivity contribution in [3.8, 4) is 5.75 Å². The van der Waals surface area contributed by atoms with Gasteiger partial charge in [-0.15, -0.1) is 0 Å². The van der Waals surface area contributed by atoms with Crippen LogP contribution in [0.15, 0.2) is 24.3 Å². The molecule has 1 atom stereocenters. The lowest BCUT2D eigenvalue weighted by Crippen LogP contribution is -2.42. The Kier molecular flexibility index (Phi) is 4.80. The van der Waals surface area contributed by atoms with Crippen molar-refractivity contribution in [1.29, 1.82) is 0 Å². The lowest BCUT2D eigenvalue weighted by Gasteiger charge is -2.28. The number of phenolic OH excluding ortho intramolecular Hbond substituents is 1. The molecule has 0 bridgehead atoms. The highest BCUT2D eigenvalue weighted by Crippen LogP contribution is 2.14. The number of phenols is 1. The fraction of sp³-hybridized carbons (Fsp3) is 0.533. The SMILES string of the molecule is CCCN(C(=O)Cc1ccc(O)cc1)C1CCNC1. The number of carbonyl (C=O) groups is 1. The summed E-state index contributed by atoms with van der Waals surface area (Å²) in [6.07, 6.45) is 2.44. The zero-order valence-corrected chi connectivity index (χ0v) is 11.4. The number of rotatable bonds is 5. The summed E-state index contributed by atoms with van der Waals surface area (Å²) in [7, 11) is 0. The first-order chi connectivity index (χ1) is 9.20. The number of nitrogens with one attached hydrogen (secondary N) is 1. The van der Waals surface area contributed by atoms with Crippen molar-refractivity contribution < 1.29 is 9.90 Å². The Morgan fingerprint density at radius 2 is 2.16 bits per heavy atom. The van der Waals surface area contributed by atoms with Gasteiger partial charge in [0.2, 0.25) is 5.91 Å². The largest absolute Gasteiger partial charge is 0.508 e. The van der Waals surface area contributed by atoms with E-state index in [9.17, 15) is 9.90 Å². The third-order valence-corrected chi connectivity index (χ3v) is 3.55. The molecule has 2 rings (SSSR count). The van der Waals surface area contributed by atoms with Crippen LogP contribution in [0, 0.1) is 0 Å². The second kappa shape index (κ2) is 6.57. The van der Waals surface area contributed by atoms with Crippen molar-refractivity contribution in [1.82, 2.24) is 10.2 Å². The maximum absolute atomic E-state index is 12.4. The van der Waals surface area contributed by atoms with Gasteiger partial charge in [-0.25, -0.2) is 0 Å². The molecule has 0 radical (unpaired) electrons. The minimum Gasteiger partial charge on any atom is -0.508 e. The number of carbonyl (C=O) groups excluding carboxylic acids is 1. The maximum Gasteiger partial charge on any atom is 0.227 e. The van der Waals surface area contributed by atoms with Crippen molar-refractivity contribution >= 4 is 5.91 Å². The average molecular weight is 262 g/mol. The van der Waals surface area contributed by atoms with Gasteiger partial charge in [-0.1, -0.05) is 19.1 Å². The van der Waals surface area contributed by atoms with E-state index in [-0.39, 0.29) is 11.7 Å². The second-order valence-electron chi connectivity index (χ2n) is 5.08. The van der Waals surface area contributed by atoms with Gasteiger partial charge in [0.25, 0.3) is 0 Å². The highest BCUT2D eigenvalue weighted by atomic mass is 16.3. The highest BCUT2D eigenvalue weighted by Gasteiger charge is 2.25. The molecule has 0 saturated carbocycles. The molecule has 4 heteroatoms. The Bertz CT molecular complexity index is 411. The van der Waals surface area contributed by atoms with Gasteiger partial charge in [0, 0.05) is 19.1 Å². The summed E-state index contributed by atoms with van der Waals surface area (Å²) >= 11 is 0. The summed E-state index contributed by atoms with van der Waals surface area (Å²) < 4.78 is 0. The smallest absolute Gasteiger partial charge is 0.227 e. The predicted octanol–water partition coefficient (Wildman–Crippen LogP) is 1.54. The molecule has 1 aromatic rings. The lowest BCUT2D eigenvalue weighted by atomic mass is 10.1. The van der Waals surface area contributed by atoms with Crippen LogP contribution in [0.5, 0.6) is 5.75 Å². The number of benzene rings is 1. The summed E-state index contributed by atoms with van der Waals surface area (Å²) in [6, 6.07) is 7.21. The molecule has 0 aromatic heterocycles. The molecule has 19 heavy (non-hydrogen) atoms. The van der Waals surface area contributed by atoms with E-state index in [2.05, 4.69) is 12.2 Å². The monoisotopic (exact) mass is 262 g/mol. The first-order valence-corrected chi connectivity index (χ1v) is 6.98. The maximum atomic E-state index is 12.4. The van der Waals surface area contributed by atoms with E-state index >= 15 is 0 Å². The number of amides is 1. The van der Waals surface area contributed by atoms with E-state index in [1.807, 2.05) is 17.0 Å². The van der Waals surface area contributed by atoms with Gasteiger partial charge >= 0.3 is 0 Å².